The lowest BCUT2D eigenvalue weighted by molar-refractivity contribution is 0.132. The Labute approximate surface area is 174 Å². The molecule has 0 spiro atoms. The molecule has 2 aromatic carbocycles. The number of benzene rings is 2. The van der Waals surface area contributed by atoms with E-state index >= 15 is 0 Å². The van der Waals surface area contributed by atoms with Gasteiger partial charge in [-0.1, -0.05) is 88.8 Å². The summed E-state index contributed by atoms with van der Waals surface area (Å²) in [5, 5.41) is 1.75. The van der Waals surface area contributed by atoms with Crippen LogP contribution >= 0.6 is 0 Å². The molecule has 5 heteroatoms. The Morgan fingerprint density at radius 2 is 1.28 bits per heavy atom. The highest BCUT2D eigenvalue weighted by molar-refractivity contribution is 6.14. The number of hydrogen-bond acceptors (Lipinski definition) is 4. The molecule has 0 N–H and O–H groups in total. The Balaban J connectivity index is 2.14. The molecule has 2 aromatic rings. The topological polar surface area (TPSA) is 55.8 Å². The van der Waals surface area contributed by atoms with Crippen LogP contribution < -0.4 is 4.90 Å². The van der Waals surface area contributed by atoms with Gasteiger partial charge in [0.1, 0.15) is 0 Å². The molecule has 2 amide bonds. The predicted octanol–water partition coefficient (Wildman–Crippen LogP) is 7.08. The van der Waals surface area contributed by atoms with E-state index in [1.807, 2.05) is 36.4 Å². The minimum atomic E-state index is -0.684. The van der Waals surface area contributed by atoms with Crippen LogP contribution in [0.1, 0.15) is 65.2 Å². The number of carbonyl (C=O) groups is 2. The summed E-state index contributed by atoms with van der Waals surface area (Å²) in [6.45, 7) is 4.85. The summed E-state index contributed by atoms with van der Waals surface area (Å²) in [6, 6.07) is 13.2. The van der Waals surface area contributed by atoms with Gasteiger partial charge < -0.3 is 9.47 Å². The van der Waals surface area contributed by atoms with E-state index in [2.05, 4.69) is 13.8 Å². The zero-order valence-electron chi connectivity index (χ0n) is 17.7. The van der Waals surface area contributed by atoms with Crippen molar-refractivity contribution in [1.29, 1.82) is 0 Å². The largest absolute Gasteiger partial charge is 0.449 e. The van der Waals surface area contributed by atoms with Gasteiger partial charge in [-0.05, 0) is 24.3 Å². The van der Waals surface area contributed by atoms with E-state index in [4.69, 9.17) is 9.47 Å². The Morgan fingerprint density at radius 1 is 0.724 bits per heavy atom. The Hall–Kier alpha value is -2.56. The molecule has 0 saturated carbocycles. The molecule has 158 valence electrons. The average molecular weight is 400 g/mol. The van der Waals surface area contributed by atoms with Crippen molar-refractivity contribution < 1.29 is 19.1 Å². The first kappa shape index (κ1) is 22.7. The summed E-state index contributed by atoms with van der Waals surface area (Å²) in [4.78, 5) is 26.6. The van der Waals surface area contributed by atoms with Crippen molar-refractivity contribution in [3.05, 3.63) is 42.5 Å². The highest BCUT2D eigenvalue weighted by Crippen LogP contribution is 2.28. The van der Waals surface area contributed by atoms with Crippen LogP contribution in [-0.4, -0.2) is 25.4 Å². The first-order valence-corrected chi connectivity index (χ1v) is 10.8. The second-order valence-corrected chi connectivity index (χ2v) is 7.18. The number of amides is 2. The third-order valence-electron chi connectivity index (χ3n) is 4.82. The number of carbonyl (C=O) groups excluding carboxylic acids is 2. The van der Waals surface area contributed by atoms with Crippen LogP contribution in [-0.2, 0) is 9.47 Å². The molecule has 2 rings (SSSR count). The maximum atomic E-state index is 12.8. The molecule has 29 heavy (non-hydrogen) atoms. The third-order valence-corrected chi connectivity index (χ3v) is 4.82. The molecule has 0 heterocycles. The van der Waals surface area contributed by atoms with Crippen molar-refractivity contribution in [3.8, 4) is 0 Å². The summed E-state index contributed by atoms with van der Waals surface area (Å²) >= 11 is 0. The average Bonchev–Trinajstić information content (AvgIpc) is 2.74. The fraction of sp³-hybridized carbons (Fsp3) is 0.500. The van der Waals surface area contributed by atoms with Gasteiger partial charge in [0, 0.05) is 5.39 Å². The quantitative estimate of drug-likeness (QED) is 0.379. The summed E-state index contributed by atoms with van der Waals surface area (Å²) in [7, 11) is 0. The first-order chi connectivity index (χ1) is 14.2. The fourth-order valence-corrected chi connectivity index (χ4v) is 3.18. The van der Waals surface area contributed by atoms with Gasteiger partial charge >= 0.3 is 12.2 Å². The minimum absolute atomic E-state index is 0.296. The van der Waals surface area contributed by atoms with Crippen LogP contribution in [0.2, 0.25) is 0 Å². The molecule has 0 aliphatic heterocycles. The van der Waals surface area contributed by atoms with Crippen molar-refractivity contribution >= 4 is 28.6 Å². The lowest BCUT2D eigenvalue weighted by atomic mass is 10.1. The standard InChI is InChI=1S/C24H33NO4/c1-3-5-7-11-18-28-23(26)25(24(27)29-19-12-8-6-4-2)22-17-13-15-20-14-9-10-16-21(20)22/h9-10,13-17H,3-8,11-12,18-19H2,1-2H3. The van der Waals surface area contributed by atoms with E-state index in [1.54, 1.807) is 6.07 Å². The molecule has 0 aromatic heterocycles. The molecular weight excluding hydrogens is 366 g/mol. The predicted molar refractivity (Wildman–Crippen MR) is 117 cm³/mol. The van der Waals surface area contributed by atoms with Crippen molar-refractivity contribution in [1.82, 2.24) is 0 Å². The lowest BCUT2D eigenvalue weighted by Crippen LogP contribution is -2.38. The maximum Gasteiger partial charge on any atom is 0.424 e. The van der Waals surface area contributed by atoms with Gasteiger partial charge in [-0.3, -0.25) is 0 Å². The minimum Gasteiger partial charge on any atom is -0.449 e. The molecule has 0 fully saturated rings. The molecule has 0 saturated heterocycles. The molecule has 0 aliphatic rings. The summed E-state index contributed by atoms with van der Waals surface area (Å²) in [5.74, 6) is 0. The van der Waals surface area contributed by atoms with Gasteiger partial charge in [0.2, 0.25) is 0 Å². The highest BCUT2D eigenvalue weighted by Gasteiger charge is 2.28. The van der Waals surface area contributed by atoms with Gasteiger partial charge in [0.15, 0.2) is 0 Å². The van der Waals surface area contributed by atoms with Crippen LogP contribution in [0, 0.1) is 0 Å². The Morgan fingerprint density at radius 3 is 1.86 bits per heavy atom. The zero-order chi connectivity index (χ0) is 20.9. The summed E-state index contributed by atoms with van der Waals surface area (Å²) in [5.41, 5.74) is 0.486. The molecule has 0 unspecified atom stereocenters. The number of fused-ring (bicyclic) bond motifs is 1. The van der Waals surface area contributed by atoms with E-state index in [1.165, 1.54) is 0 Å². The number of anilines is 1. The van der Waals surface area contributed by atoms with E-state index in [0.717, 1.165) is 67.0 Å². The van der Waals surface area contributed by atoms with Gasteiger partial charge in [-0.25, -0.2) is 9.59 Å². The monoisotopic (exact) mass is 399 g/mol. The second-order valence-electron chi connectivity index (χ2n) is 7.18. The van der Waals surface area contributed by atoms with E-state index in [0.29, 0.717) is 18.9 Å². The van der Waals surface area contributed by atoms with E-state index in [9.17, 15) is 9.59 Å². The molecule has 5 nitrogen and oxygen atoms in total. The lowest BCUT2D eigenvalue weighted by Gasteiger charge is -2.21. The summed E-state index contributed by atoms with van der Waals surface area (Å²) in [6.07, 6.45) is 6.63. The van der Waals surface area contributed by atoms with Crippen LogP contribution in [0.3, 0.4) is 0 Å². The van der Waals surface area contributed by atoms with Gasteiger partial charge in [-0.15, -0.1) is 0 Å². The van der Waals surface area contributed by atoms with Crippen molar-refractivity contribution in [3.63, 3.8) is 0 Å². The number of unbranched alkanes of at least 4 members (excludes halogenated alkanes) is 6. The normalized spacial score (nSPS) is 10.7. The maximum absolute atomic E-state index is 12.8. The number of nitrogens with zero attached hydrogens (tertiary/aromatic N) is 1. The number of imide groups is 1. The molecular formula is C24H33NO4. The van der Waals surface area contributed by atoms with Crippen LogP contribution in [0.25, 0.3) is 10.8 Å². The zero-order valence-corrected chi connectivity index (χ0v) is 17.7. The summed E-state index contributed by atoms with van der Waals surface area (Å²) < 4.78 is 10.8. The molecule has 0 aliphatic carbocycles. The second kappa shape index (κ2) is 12.8. The first-order valence-electron chi connectivity index (χ1n) is 10.8. The highest BCUT2D eigenvalue weighted by atomic mass is 16.6. The number of hydrogen-bond donors (Lipinski definition) is 0. The van der Waals surface area contributed by atoms with E-state index < -0.39 is 12.2 Å². The van der Waals surface area contributed by atoms with Crippen molar-refractivity contribution in [2.24, 2.45) is 0 Å². The van der Waals surface area contributed by atoms with Gasteiger partial charge in [-0.2, -0.15) is 4.90 Å². The van der Waals surface area contributed by atoms with Crippen molar-refractivity contribution in [2.45, 2.75) is 65.2 Å². The van der Waals surface area contributed by atoms with Crippen LogP contribution in [0.4, 0.5) is 15.3 Å². The Bertz CT molecular complexity index is 743. The molecule has 0 atom stereocenters. The smallest absolute Gasteiger partial charge is 0.424 e. The van der Waals surface area contributed by atoms with Gasteiger partial charge in [0.05, 0.1) is 18.9 Å². The number of rotatable bonds is 11. The van der Waals surface area contributed by atoms with E-state index in [-0.39, 0.29) is 0 Å². The van der Waals surface area contributed by atoms with Gasteiger partial charge in [0.25, 0.3) is 0 Å². The SMILES string of the molecule is CCCCCCOC(=O)N(C(=O)OCCCCCC)c1cccc2ccccc12. The third kappa shape index (κ3) is 7.08. The fourth-order valence-electron chi connectivity index (χ4n) is 3.18. The molecule has 0 bridgehead atoms. The molecule has 0 radical (unpaired) electrons. The number of ether oxygens (including phenoxy) is 2. The van der Waals surface area contributed by atoms with Crippen molar-refractivity contribution in [2.75, 3.05) is 18.1 Å². The van der Waals surface area contributed by atoms with Crippen LogP contribution in [0.15, 0.2) is 42.5 Å². The Kier molecular flexibility index (Phi) is 10.0. The van der Waals surface area contributed by atoms with Crippen LogP contribution in [0.5, 0.6) is 0 Å².